The minimum absolute atomic E-state index is 0.142. The second kappa shape index (κ2) is 2.91. The molecule has 0 fully saturated rings. The van der Waals surface area contributed by atoms with Crippen LogP contribution in [0.3, 0.4) is 0 Å². The Hall–Kier alpha value is -0.0500. The van der Waals surface area contributed by atoms with Crippen LogP contribution < -0.4 is 0 Å². The van der Waals surface area contributed by atoms with Crippen molar-refractivity contribution in [1.82, 2.24) is 0 Å². The van der Waals surface area contributed by atoms with Crippen molar-refractivity contribution in [1.29, 1.82) is 0 Å². The van der Waals surface area contributed by atoms with Gasteiger partial charge in [0.25, 0.3) is 5.91 Å². The molecule has 0 N–H and O–H groups in total. The van der Waals surface area contributed by atoms with E-state index in [0.29, 0.717) is 0 Å². The fraction of sp³-hybridized carbons (Fsp3) is 0.200. The lowest BCUT2D eigenvalue weighted by atomic mass is 10.3. The summed E-state index contributed by atoms with van der Waals surface area (Å²) in [6, 6.07) is 0. The van der Waals surface area contributed by atoms with Crippen LogP contribution >= 0.6 is 34.8 Å². The number of aliphatic imine (C=N–C) groups is 1. The maximum absolute atomic E-state index is 10.6. The number of halogens is 3. The van der Waals surface area contributed by atoms with Gasteiger partial charge in [-0.1, -0.05) is 23.2 Å². The first-order valence-electron chi connectivity index (χ1n) is 2.40. The van der Waals surface area contributed by atoms with Crippen LogP contribution in [0.4, 0.5) is 0 Å². The number of carbonyl (C=O) groups excluding carboxylic acids is 1. The van der Waals surface area contributed by atoms with Crippen molar-refractivity contribution in [2.24, 2.45) is 4.99 Å². The molecule has 0 spiro atoms. The van der Waals surface area contributed by atoms with Gasteiger partial charge in [0.15, 0.2) is 5.38 Å². The number of rotatable bonds is 0. The average molecular weight is 198 g/mol. The van der Waals surface area contributed by atoms with E-state index in [1.54, 1.807) is 0 Å². The molecule has 0 saturated carbocycles. The SMILES string of the molecule is O=C1N=CC(Cl)=C(Cl)C1Cl. The van der Waals surface area contributed by atoms with Crippen LogP contribution in [0.5, 0.6) is 0 Å². The summed E-state index contributed by atoms with van der Waals surface area (Å²) < 4.78 is 0. The Morgan fingerprint density at radius 1 is 1.50 bits per heavy atom. The first kappa shape index (κ1) is 8.05. The van der Waals surface area contributed by atoms with E-state index < -0.39 is 11.3 Å². The number of allylic oxidation sites excluding steroid dienone is 1. The van der Waals surface area contributed by atoms with Gasteiger partial charge in [-0.2, -0.15) is 0 Å². The predicted molar refractivity (Wildman–Crippen MR) is 41.9 cm³/mol. The lowest BCUT2D eigenvalue weighted by Gasteiger charge is -2.07. The van der Waals surface area contributed by atoms with Gasteiger partial charge in [0.05, 0.1) is 16.3 Å². The maximum Gasteiger partial charge on any atom is 0.269 e. The summed E-state index contributed by atoms with van der Waals surface area (Å²) in [5, 5.41) is -0.538. The third kappa shape index (κ3) is 1.34. The molecule has 2 nitrogen and oxygen atoms in total. The van der Waals surface area contributed by atoms with Crippen LogP contribution in [-0.2, 0) is 4.79 Å². The Bertz CT molecular complexity index is 233. The fourth-order valence-corrected chi connectivity index (χ4v) is 1.01. The third-order valence-electron chi connectivity index (χ3n) is 0.973. The van der Waals surface area contributed by atoms with E-state index >= 15 is 0 Å². The average Bonchev–Trinajstić information content (AvgIpc) is 1.93. The molecule has 0 aromatic heterocycles. The van der Waals surface area contributed by atoms with Gasteiger partial charge in [0.2, 0.25) is 0 Å². The molecule has 1 heterocycles. The van der Waals surface area contributed by atoms with Crippen LogP contribution in [0.1, 0.15) is 0 Å². The molecule has 0 aliphatic carbocycles. The van der Waals surface area contributed by atoms with Crippen molar-refractivity contribution in [2.45, 2.75) is 5.38 Å². The van der Waals surface area contributed by atoms with Gasteiger partial charge in [-0.05, 0) is 0 Å². The number of amides is 1. The number of carbonyl (C=O) groups is 1. The zero-order valence-corrected chi connectivity index (χ0v) is 6.91. The quantitative estimate of drug-likeness (QED) is 0.547. The Balaban J connectivity index is 2.99. The van der Waals surface area contributed by atoms with Crippen LogP contribution in [-0.4, -0.2) is 17.5 Å². The normalized spacial score (nSPS) is 25.9. The van der Waals surface area contributed by atoms with Gasteiger partial charge in [0.1, 0.15) is 0 Å². The molecule has 0 aromatic rings. The van der Waals surface area contributed by atoms with E-state index in [2.05, 4.69) is 4.99 Å². The van der Waals surface area contributed by atoms with Gasteiger partial charge >= 0.3 is 0 Å². The van der Waals surface area contributed by atoms with Crippen molar-refractivity contribution in [3.05, 3.63) is 10.1 Å². The van der Waals surface area contributed by atoms with E-state index in [1.165, 1.54) is 6.21 Å². The highest BCUT2D eigenvalue weighted by atomic mass is 35.5. The van der Waals surface area contributed by atoms with Crippen molar-refractivity contribution in [2.75, 3.05) is 0 Å². The molecule has 1 amide bonds. The van der Waals surface area contributed by atoms with Gasteiger partial charge < -0.3 is 0 Å². The molecule has 0 aromatic carbocycles. The Labute approximate surface area is 72.5 Å². The summed E-state index contributed by atoms with van der Waals surface area (Å²) in [6.07, 6.45) is 1.19. The van der Waals surface area contributed by atoms with Gasteiger partial charge in [-0.25, -0.2) is 4.99 Å². The number of hydrogen-bond acceptors (Lipinski definition) is 1. The summed E-state index contributed by atoms with van der Waals surface area (Å²) in [6.45, 7) is 0. The zero-order valence-electron chi connectivity index (χ0n) is 4.64. The fourth-order valence-electron chi connectivity index (χ4n) is 0.477. The molecular formula is C5H2Cl3NO. The molecule has 0 bridgehead atoms. The van der Waals surface area contributed by atoms with E-state index in [-0.39, 0.29) is 10.1 Å². The molecule has 1 aliphatic heterocycles. The van der Waals surface area contributed by atoms with E-state index in [1.807, 2.05) is 0 Å². The summed E-state index contributed by atoms with van der Waals surface area (Å²) in [7, 11) is 0. The highest BCUT2D eigenvalue weighted by molar-refractivity contribution is 6.52. The summed E-state index contributed by atoms with van der Waals surface area (Å²) >= 11 is 16.5. The zero-order chi connectivity index (χ0) is 7.72. The summed E-state index contributed by atoms with van der Waals surface area (Å²) in [5.74, 6) is -0.476. The van der Waals surface area contributed by atoms with E-state index in [0.717, 1.165) is 0 Å². The molecule has 54 valence electrons. The molecule has 0 saturated heterocycles. The summed E-state index contributed by atoms with van der Waals surface area (Å²) in [5.41, 5.74) is 0. The van der Waals surface area contributed by atoms with Gasteiger partial charge in [-0.3, -0.25) is 4.79 Å². The lowest BCUT2D eigenvalue weighted by Crippen LogP contribution is -2.16. The first-order chi connectivity index (χ1) is 4.63. The molecule has 5 heteroatoms. The maximum atomic E-state index is 10.6. The van der Waals surface area contributed by atoms with Crippen LogP contribution in [0.25, 0.3) is 0 Å². The highest BCUT2D eigenvalue weighted by Gasteiger charge is 2.23. The number of dihydropyridines is 1. The van der Waals surface area contributed by atoms with E-state index in [9.17, 15) is 4.79 Å². The monoisotopic (exact) mass is 197 g/mol. The predicted octanol–water partition coefficient (Wildman–Crippen LogP) is 1.89. The van der Waals surface area contributed by atoms with E-state index in [4.69, 9.17) is 34.8 Å². The number of hydrogen-bond donors (Lipinski definition) is 0. The standard InChI is InChI=1S/C5H2Cl3NO/c6-2-1-9-5(10)4(8)3(2)7/h1,4H. The molecule has 1 rings (SSSR count). The molecular weight excluding hydrogens is 196 g/mol. The molecule has 1 atom stereocenters. The molecule has 0 radical (unpaired) electrons. The topological polar surface area (TPSA) is 29.4 Å². The Morgan fingerprint density at radius 2 is 2.10 bits per heavy atom. The van der Waals surface area contributed by atoms with Crippen LogP contribution in [0.2, 0.25) is 0 Å². The second-order valence-corrected chi connectivity index (χ2v) is 2.91. The smallest absolute Gasteiger partial charge is 0.269 e. The van der Waals surface area contributed by atoms with Crippen molar-refractivity contribution in [3.8, 4) is 0 Å². The number of nitrogens with zero attached hydrogens (tertiary/aromatic N) is 1. The Kier molecular flexibility index (Phi) is 2.34. The molecule has 1 unspecified atom stereocenters. The highest BCUT2D eigenvalue weighted by Crippen LogP contribution is 2.24. The second-order valence-electron chi connectivity index (χ2n) is 1.65. The number of alkyl halides is 1. The van der Waals surface area contributed by atoms with Crippen molar-refractivity contribution < 1.29 is 4.79 Å². The summed E-state index contributed by atoms with van der Waals surface area (Å²) in [4.78, 5) is 14.0. The van der Waals surface area contributed by atoms with Crippen molar-refractivity contribution >= 4 is 46.9 Å². The Morgan fingerprint density at radius 3 is 2.60 bits per heavy atom. The molecule has 1 aliphatic rings. The van der Waals surface area contributed by atoms with Crippen molar-refractivity contribution in [3.63, 3.8) is 0 Å². The lowest BCUT2D eigenvalue weighted by molar-refractivity contribution is -0.116. The van der Waals surface area contributed by atoms with Crippen LogP contribution in [0, 0.1) is 0 Å². The minimum Gasteiger partial charge on any atom is -0.270 e. The van der Waals surface area contributed by atoms with Gasteiger partial charge in [-0.15, -0.1) is 11.6 Å². The molecule has 10 heavy (non-hydrogen) atoms. The third-order valence-corrected chi connectivity index (χ3v) is 2.31. The first-order valence-corrected chi connectivity index (χ1v) is 3.59. The largest absolute Gasteiger partial charge is 0.270 e. The van der Waals surface area contributed by atoms with Crippen LogP contribution in [0.15, 0.2) is 15.1 Å². The van der Waals surface area contributed by atoms with Gasteiger partial charge in [0, 0.05) is 0 Å². The minimum atomic E-state index is -0.904.